The van der Waals surface area contributed by atoms with Gasteiger partial charge in [0.15, 0.2) is 5.69 Å². The number of carbonyl (C=O) groups is 1. The summed E-state index contributed by atoms with van der Waals surface area (Å²) in [6.45, 7) is 0. The molecule has 0 spiro atoms. The van der Waals surface area contributed by atoms with E-state index in [1.54, 1.807) is 38.4 Å². The molecule has 0 bridgehead atoms. The Bertz CT molecular complexity index is 519. The first kappa shape index (κ1) is 11.1. The van der Waals surface area contributed by atoms with Crippen molar-refractivity contribution < 1.29 is 9.53 Å². The minimum Gasteiger partial charge on any atom is -0.497 e. The number of hydrogen-bond acceptors (Lipinski definition) is 4. The summed E-state index contributed by atoms with van der Waals surface area (Å²) in [5.74, 6) is 0.450. The smallest absolute Gasteiger partial charge is 0.277 e. The Morgan fingerprint density at radius 1 is 1.35 bits per heavy atom. The molecular weight excluding hydrogens is 220 g/mol. The second kappa shape index (κ2) is 4.65. The van der Waals surface area contributed by atoms with Crippen molar-refractivity contribution in [1.82, 2.24) is 15.0 Å². The summed E-state index contributed by atoms with van der Waals surface area (Å²) >= 11 is 0. The number of rotatable bonds is 3. The zero-order chi connectivity index (χ0) is 12.3. The van der Waals surface area contributed by atoms with Gasteiger partial charge in [-0.05, 0) is 24.3 Å². The van der Waals surface area contributed by atoms with E-state index >= 15 is 0 Å². The van der Waals surface area contributed by atoms with E-state index in [0.717, 1.165) is 5.75 Å². The number of aryl methyl sites for hydroxylation is 1. The summed E-state index contributed by atoms with van der Waals surface area (Å²) in [5, 5.41) is 10.5. The lowest BCUT2D eigenvalue weighted by atomic mass is 10.3. The molecule has 0 aliphatic carbocycles. The highest BCUT2D eigenvalue weighted by Crippen LogP contribution is 2.15. The van der Waals surface area contributed by atoms with E-state index in [9.17, 15) is 4.79 Å². The lowest BCUT2D eigenvalue weighted by Gasteiger charge is -2.04. The van der Waals surface area contributed by atoms with Crippen LogP contribution in [0, 0.1) is 0 Å². The highest BCUT2D eigenvalue weighted by Gasteiger charge is 2.09. The average Bonchev–Trinajstić information content (AvgIpc) is 2.77. The third-order valence-electron chi connectivity index (χ3n) is 2.18. The maximum absolute atomic E-state index is 11.7. The van der Waals surface area contributed by atoms with E-state index < -0.39 is 0 Å². The number of nitrogens with one attached hydrogen (secondary N) is 1. The van der Waals surface area contributed by atoms with Crippen LogP contribution in [-0.4, -0.2) is 28.0 Å². The topological polar surface area (TPSA) is 69.0 Å². The summed E-state index contributed by atoms with van der Waals surface area (Å²) in [4.78, 5) is 13.1. The first-order valence-corrected chi connectivity index (χ1v) is 5.01. The van der Waals surface area contributed by atoms with Crippen LogP contribution < -0.4 is 10.1 Å². The van der Waals surface area contributed by atoms with Crippen LogP contribution in [0.5, 0.6) is 5.75 Å². The lowest BCUT2D eigenvalue weighted by Crippen LogP contribution is -2.12. The SMILES string of the molecule is COc1ccc(NC(=O)c2cnn(C)n2)cc1. The summed E-state index contributed by atoms with van der Waals surface area (Å²) in [5.41, 5.74) is 0.963. The van der Waals surface area contributed by atoms with Crippen LogP contribution in [0.3, 0.4) is 0 Å². The van der Waals surface area contributed by atoms with Crippen LogP contribution in [0.4, 0.5) is 5.69 Å². The number of nitrogens with zero attached hydrogens (tertiary/aromatic N) is 3. The fraction of sp³-hybridized carbons (Fsp3) is 0.182. The first-order valence-electron chi connectivity index (χ1n) is 5.01. The molecule has 17 heavy (non-hydrogen) atoms. The number of methoxy groups -OCH3 is 1. The predicted molar refractivity (Wildman–Crippen MR) is 62.0 cm³/mol. The molecule has 2 aromatic rings. The summed E-state index contributed by atoms with van der Waals surface area (Å²) < 4.78 is 5.02. The van der Waals surface area contributed by atoms with Crippen molar-refractivity contribution in [2.24, 2.45) is 7.05 Å². The Morgan fingerprint density at radius 3 is 2.59 bits per heavy atom. The van der Waals surface area contributed by atoms with Gasteiger partial charge < -0.3 is 10.1 Å². The Balaban J connectivity index is 2.07. The highest BCUT2D eigenvalue weighted by atomic mass is 16.5. The summed E-state index contributed by atoms with van der Waals surface area (Å²) in [7, 11) is 3.25. The van der Waals surface area contributed by atoms with E-state index in [2.05, 4.69) is 15.5 Å². The number of anilines is 1. The maximum atomic E-state index is 11.7. The van der Waals surface area contributed by atoms with Gasteiger partial charge in [-0.25, -0.2) is 0 Å². The minimum atomic E-state index is -0.289. The van der Waals surface area contributed by atoms with Crippen molar-refractivity contribution in [3.8, 4) is 5.75 Å². The van der Waals surface area contributed by atoms with Crippen molar-refractivity contribution in [3.63, 3.8) is 0 Å². The molecule has 0 saturated carbocycles. The van der Waals surface area contributed by atoms with Gasteiger partial charge in [0.1, 0.15) is 5.75 Å². The summed E-state index contributed by atoms with van der Waals surface area (Å²) in [6.07, 6.45) is 1.42. The zero-order valence-electron chi connectivity index (χ0n) is 9.54. The van der Waals surface area contributed by atoms with Crippen molar-refractivity contribution in [2.45, 2.75) is 0 Å². The molecule has 0 unspecified atom stereocenters. The molecule has 6 nitrogen and oxygen atoms in total. The van der Waals surface area contributed by atoms with Crippen molar-refractivity contribution in [2.75, 3.05) is 12.4 Å². The normalized spacial score (nSPS) is 10.0. The summed E-state index contributed by atoms with van der Waals surface area (Å²) in [6, 6.07) is 7.05. The molecule has 1 amide bonds. The number of hydrogen-bond donors (Lipinski definition) is 1. The van der Waals surface area contributed by atoms with Crippen LogP contribution in [-0.2, 0) is 7.05 Å². The zero-order valence-corrected chi connectivity index (χ0v) is 9.54. The number of amides is 1. The predicted octanol–water partition coefficient (Wildman–Crippen LogP) is 1.08. The Labute approximate surface area is 98.2 Å². The molecule has 0 fully saturated rings. The fourth-order valence-corrected chi connectivity index (χ4v) is 1.32. The molecule has 0 aliphatic heterocycles. The van der Waals surface area contributed by atoms with Crippen molar-refractivity contribution in [1.29, 1.82) is 0 Å². The largest absolute Gasteiger partial charge is 0.497 e. The van der Waals surface area contributed by atoms with Gasteiger partial charge >= 0.3 is 0 Å². The quantitative estimate of drug-likeness (QED) is 0.859. The van der Waals surface area contributed by atoms with Crippen LogP contribution >= 0.6 is 0 Å². The Kier molecular flexibility index (Phi) is 3.04. The van der Waals surface area contributed by atoms with Gasteiger partial charge in [0.2, 0.25) is 0 Å². The molecule has 0 aliphatic rings. The molecule has 2 rings (SSSR count). The van der Waals surface area contributed by atoms with Gasteiger partial charge in [-0.3, -0.25) is 4.79 Å². The van der Waals surface area contributed by atoms with Gasteiger partial charge in [-0.2, -0.15) is 9.90 Å². The molecule has 0 saturated heterocycles. The fourth-order valence-electron chi connectivity index (χ4n) is 1.32. The molecule has 0 atom stereocenters. The van der Waals surface area contributed by atoms with E-state index in [0.29, 0.717) is 5.69 Å². The molecule has 88 valence electrons. The second-order valence-electron chi connectivity index (χ2n) is 3.40. The Hall–Kier alpha value is -2.37. The van der Waals surface area contributed by atoms with Gasteiger partial charge in [-0.15, -0.1) is 5.10 Å². The second-order valence-corrected chi connectivity index (χ2v) is 3.40. The maximum Gasteiger partial charge on any atom is 0.277 e. The number of benzene rings is 1. The van der Waals surface area contributed by atoms with E-state index in [-0.39, 0.29) is 11.6 Å². The first-order chi connectivity index (χ1) is 8.19. The molecular formula is C11H12N4O2. The number of ether oxygens (including phenoxy) is 1. The van der Waals surface area contributed by atoms with E-state index in [1.165, 1.54) is 11.0 Å². The van der Waals surface area contributed by atoms with Gasteiger partial charge in [0.05, 0.1) is 13.3 Å². The molecule has 1 aromatic carbocycles. The van der Waals surface area contributed by atoms with Gasteiger partial charge in [0.25, 0.3) is 5.91 Å². The third kappa shape index (κ3) is 2.60. The van der Waals surface area contributed by atoms with Gasteiger partial charge in [0, 0.05) is 12.7 Å². The van der Waals surface area contributed by atoms with Crippen LogP contribution in [0.25, 0.3) is 0 Å². The molecule has 1 heterocycles. The molecule has 1 N–H and O–H groups in total. The Morgan fingerprint density at radius 2 is 2.06 bits per heavy atom. The lowest BCUT2D eigenvalue weighted by molar-refractivity contribution is 0.102. The monoisotopic (exact) mass is 232 g/mol. The van der Waals surface area contributed by atoms with Crippen LogP contribution in [0.2, 0.25) is 0 Å². The van der Waals surface area contributed by atoms with Crippen molar-refractivity contribution in [3.05, 3.63) is 36.2 Å². The van der Waals surface area contributed by atoms with E-state index in [4.69, 9.17) is 4.74 Å². The van der Waals surface area contributed by atoms with Gasteiger partial charge in [-0.1, -0.05) is 0 Å². The molecule has 0 radical (unpaired) electrons. The minimum absolute atomic E-state index is 0.281. The molecule has 1 aromatic heterocycles. The standard InChI is InChI=1S/C11H12N4O2/c1-15-12-7-10(14-15)11(16)13-8-3-5-9(17-2)6-4-8/h3-7H,1-2H3,(H,13,16). The molecule has 6 heteroatoms. The number of carbonyl (C=O) groups excluding carboxylic acids is 1. The number of aromatic nitrogens is 3. The average molecular weight is 232 g/mol. The van der Waals surface area contributed by atoms with E-state index in [1.807, 2.05) is 0 Å². The van der Waals surface area contributed by atoms with Crippen molar-refractivity contribution >= 4 is 11.6 Å². The van der Waals surface area contributed by atoms with Crippen LogP contribution in [0.15, 0.2) is 30.5 Å². The highest BCUT2D eigenvalue weighted by molar-refractivity contribution is 6.02. The third-order valence-corrected chi connectivity index (χ3v) is 2.18. The van der Waals surface area contributed by atoms with Crippen LogP contribution in [0.1, 0.15) is 10.5 Å².